The van der Waals surface area contributed by atoms with E-state index >= 15 is 0 Å². The van der Waals surface area contributed by atoms with Crippen LogP contribution < -0.4 is 26.2 Å². The Morgan fingerprint density at radius 1 is 0.227 bits per heavy atom. The number of nitrogens with zero attached hydrogens (tertiary/aromatic N) is 2. The fourth-order valence-corrected chi connectivity index (χ4v) is 22.3. The van der Waals surface area contributed by atoms with Gasteiger partial charge in [-0.15, -0.1) is 0 Å². The van der Waals surface area contributed by atoms with Crippen LogP contribution in [0.4, 0.5) is 34.1 Å². The first-order chi connectivity index (χ1) is 62.8. The van der Waals surface area contributed by atoms with Gasteiger partial charge in [0.05, 0.1) is 22.2 Å². The van der Waals surface area contributed by atoms with Crippen molar-refractivity contribution < 1.29 is 4.42 Å². The fourth-order valence-electron chi connectivity index (χ4n) is 22.3. The van der Waals surface area contributed by atoms with Gasteiger partial charge in [0, 0.05) is 55.8 Å². The molecule has 20 aromatic rings. The number of fused-ring (bicyclic) bond motifs is 13. The Labute approximate surface area is 750 Å². The van der Waals surface area contributed by atoms with Gasteiger partial charge in [-0.05, 0) is 227 Å². The van der Waals surface area contributed by atoms with Gasteiger partial charge in [0.15, 0.2) is 0 Å². The number of furan rings is 1. The van der Waals surface area contributed by atoms with Gasteiger partial charge in [0.25, 0.3) is 6.71 Å². The van der Waals surface area contributed by atoms with Gasteiger partial charge in [0.1, 0.15) is 11.2 Å². The largest absolute Gasteiger partial charge is 0.456 e. The summed E-state index contributed by atoms with van der Waals surface area (Å²) in [7, 11) is 0. The van der Waals surface area contributed by atoms with Crippen molar-refractivity contribution in [1.29, 1.82) is 0 Å². The Morgan fingerprint density at radius 2 is 0.547 bits per heavy atom. The molecular formula is C124H91BN2O. The molecule has 0 bridgehead atoms. The summed E-state index contributed by atoms with van der Waals surface area (Å²) in [5.41, 5.74) is 43.3. The van der Waals surface area contributed by atoms with Crippen LogP contribution in [0.25, 0.3) is 122 Å². The molecule has 0 atom stereocenters. The zero-order valence-corrected chi connectivity index (χ0v) is 72.5. The number of hydrogen-bond donors (Lipinski definition) is 0. The lowest BCUT2D eigenvalue weighted by molar-refractivity contribution is 0.590. The minimum Gasteiger partial charge on any atom is -0.456 e. The molecule has 1 aromatic heterocycles. The average molecular weight is 1640 g/mol. The molecule has 24 rings (SSSR count). The van der Waals surface area contributed by atoms with E-state index in [1.165, 1.54) is 105 Å². The maximum absolute atomic E-state index is 6.77. The van der Waals surface area contributed by atoms with Crippen molar-refractivity contribution in [2.24, 2.45) is 0 Å². The van der Waals surface area contributed by atoms with Crippen LogP contribution in [0.1, 0.15) is 97.2 Å². The lowest BCUT2D eigenvalue weighted by Gasteiger charge is -2.46. The second kappa shape index (κ2) is 29.7. The maximum Gasteiger partial charge on any atom is 0.252 e. The number of hydrogen-bond acceptors (Lipinski definition) is 3. The zero-order chi connectivity index (χ0) is 85.7. The molecule has 0 amide bonds. The van der Waals surface area contributed by atoms with Crippen molar-refractivity contribution in [3.05, 3.63) is 498 Å². The predicted molar refractivity (Wildman–Crippen MR) is 538 cm³/mol. The standard InChI is InChI=1S/C124H91BN2O/c1-121(2,3)92-76-99(80-39-15-7-16-40-80)119(100(77-92)81-41-17-8-18-42-81)126-110-68-65-85(94-58-37-62-106-116(94)97-56-31-34-60-104(97)123(106,88-47-23-11-24-48-88)89-49-25-12-26-50-89)72-108(110)125-109-73-86(95-59-38-63-107-117(95)98-57-32-35-61-105(98)124(107,90-51-27-13-28-52-90)91-53-29-14-30-54-91)66-69-111(109)127(113-75-87(74-112(126)118(113)125)84-67-70-115-103(71-84)96-55-33-36-64-114(96)128-115)120-101(82-43-19-9-20-44-82)78-93(122(4,5)6)79-102(120)83-45-21-10-22-46-83/h7-79H,1-6H3. The third-order valence-electron chi connectivity index (χ3n) is 28.1. The summed E-state index contributed by atoms with van der Waals surface area (Å²) in [6.45, 7) is 13.8. The molecule has 4 aliphatic rings. The van der Waals surface area contributed by atoms with Crippen molar-refractivity contribution in [2.75, 3.05) is 9.80 Å². The fraction of sp³-hybridized carbons (Fsp3) is 0.0806. The molecule has 0 unspecified atom stereocenters. The number of anilines is 6. The highest BCUT2D eigenvalue weighted by molar-refractivity contribution is 7.00. The van der Waals surface area contributed by atoms with Crippen molar-refractivity contribution in [3.8, 4) is 100 Å². The number of para-hydroxylation sites is 1. The van der Waals surface area contributed by atoms with E-state index in [1.807, 2.05) is 0 Å². The first-order valence-electron chi connectivity index (χ1n) is 45.0. The molecule has 0 saturated heterocycles. The Bertz CT molecular complexity index is 7200. The van der Waals surface area contributed by atoms with Crippen molar-refractivity contribution in [1.82, 2.24) is 0 Å². The highest BCUT2D eigenvalue weighted by Gasteiger charge is 2.51. The van der Waals surface area contributed by atoms with E-state index in [0.29, 0.717) is 0 Å². The lowest BCUT2D eigenvalue weighted by Crippen LogP contribution is -2.61. The smallest absolute Gasteiger partial charge is 0.252 e. The maximum atomic E-state index is 6.77. The number of rotatable bonds is 13. The summed E-state index contributed by atoms with van der Waals surface area (Å²) in [6, 6.07) is 169. The summed E-state index contributed by atoms with van der Waals surface area (Å²) >= 11 is 0. The Kier molecular flexibility index (Phi) is 17.7. The molecule has 0 fully saturated rings. The molecular weight excluding hydrogens is 1540 g/mol. The van der Waals surface area contributed by atoms with Gasteiger partial charge in [-0.25, -0.2) is 0 Å². The molecule has 19 aromatic carbocycles. The van der Waals surface area contributed by atoms with Crippen LogP contribution in [0, 0.1) is 0 Å². The van der Waals surface area contributed by atoms with Gasteiger partial charge in [-0.3, -0.25) is 0 Å². The van der Waals surface area contributed by atoms with E-state index in [2.05, 4.69) is 494 Å². The predicted octanol–water partition coefficient (Wildman–Crippen LogP) is 30.7. The molecule has 2 aliphatic heterocycles. The van der Waals surface area contributed by atoms with Crippen molar-refractivity contribution in [3.63, 3.8) is 0 Å². The Balaban J connectivity index is 0.879. The summed E-state index contributed by atoms with van der Waals surface area (Å²) in [5, 5.41) is 2.15. The molecule has 3 nitrogen and oxygen atoms in total. The minimum absolute atomic E-state index is 0.254. The van der Waals surface area contributed by atoms with E-state index in [4.69, 9.17) is 4.42 Å². The lowest BCUT2D eigenvalue weighted by atomic mass is 9.33. The van der Waals surface area contributed by atoms with E-state index in [0.717, 1.165) is 123 Å². The van der Waals surface area contributed by atoms with E-state index < -0.39 is 17.5 Å². The van der Waals surface area contributed by atoms with Crippen LogP contribution in [0.15, 0.2) is 447 Å². The van der Waals surface area contributed by atoms with Gasteiger partial charge in [-0.2, -0.15) is 0 Å². The topological polar surface area (TPSA) is 19.6 Å². The van der Waals surface area contributed by atoms with Gasteiger partial charge >= 0.3 is 0 Å². The summed E-state index contributed by atoms with van der Waals surface area (Å²) < 4.78 is 6.77. The monoisotopic (exact) mass is 1630 g/mol. The second-order valence-electron chi connectivity index (χ2n) is 37.2. The van der Waals surface area contributed by atoms with E-state index in [9.17, 15) is 0 Å². The molecule has 0 spiro atoms. The number of benzene rings is 19. The first-order valence-corrected chi connectivity index (χ1v) is 45.0. The van der Waals surface area contributed by atoms with Crippen molar-refractivity contribution in [2.45, 2.75) is 63.2 Å². The quantitative estimate of drug-likeness (QED) is 0.107. The van der Waals surface area contributed by atoms with Crippen LogP contribution in [-0.2, 0) is 21.7 Å². The Hall–Kier alpha value is -15.4. The van der Waals surface area contributed by atoms with Crippen LogP contribution in [0.2, 0.25) is 0 Å². The highest BCUT2D eigenvalue weighted by Crippen LogP contribution is 2.63. The van der Waals surface area contributed by atoms with Crippen LogP contribution >= 0.6 is 0 Å². The van der Waals surface area contributed by atoms with Gasteiger partial charge in [-0.1, -0.05) is 418 Å². The zero-order valence-electron chi connectivity index (χ0n) is 72.5. The van der Waals surface area contributed by atoms with E-state index in [1.54, 1.807) is 0 Å². The summed E-state index contributed by atoms with van der Waals surface area (Å²) in [4.78, 5) is 5.47. The molecule has 606 valence electrons. The van der Waals surface area contributed by atoms with Gasteiger partial charge in [0.2, 0.25) is 0 Å². The second-order valence-corrected chi connectivity index (χ2v) is 37.2. The molecule has 0 radical (unpaired) electrons. The third-order valence-corrected chi connectivity index (χ3v) is 28.1. The van der Waals surface area contributed by atoms with E-state index in [-0.39, 0.29) is 10.8 Å². The molecule has 3 heterocycles. The Morgan fingerprint density at radius 3 is 0.930 bits per heavy atom. The average Bonchev–Trinajstić information content (AvgIpc) is 1.67. The molecule has 0 N–H and O–H groups in total. The molecule has 0 saturated carbocycles. The summed E-state index contributed by atoms with van der Waals surface area (Å²) in [5.74, 6) is 0. The highest BCUT2D eigenvalue weighted by atomic mass is 16.3. The minimum atomic E-state index is -0.637. The third kappa shape index (κ3) is 11.7. The molecule has 4 heteroatoms. The van der Waals surface area contributed by atoms with Crippen molar-refractivity contribution >= 4 is 79.2 Å². The van der Waals surface area contributed by atoms with Gasteiger partial charge < -0.3 is 14.2 Å². The molecule has 128 heavy (non-hydrogen) atoms. The normalized spacial score (nSPS) is 13.6. The van der Waals surface area contributed by atoms with Crippen LogP contribution in [0.5, 0.6) is 0 Å². The molecule has 2 aliphatic carbocycles. The van der Waals surface area contributed by atoms with Crippen LogP contribution in [-0.4, -0.2) is 6.71 Å². The SMILES string of the molecule is CC(C)(C)c1cc(-c2ccccc2)c(N2c3ccc(-c4cccc5c4-c4ccccc4C5(c4ccccc4)c4ccccc4)cc3B3c4cc(-c5cccc6c5-c5ccccc5C6(c5ccccc5)c5ccccc5)ccc4N(c4c(-c5ccccc5)cc(C(C)(C)C)cc4-c4ccccc4)c4cc(-c5ccc6oc7ccccc7c6c5)cc2c43)c(-c2ccccc2)c1. The first kappa shape index (κ1) is 76.3. The van der Waals surface area contributed by atoms with Crippen LogP contribution in [0.3, 0.4) is 0 Å². The summed E-state index contributed by atoms with van der Waals surface area (Å²) in [6.07, 6.45) is 0.